The number of esters is 1. The predicted octanol–water partition coefficient (Wildman–Crippen LogP) is 3.77. The molecule has 1 aromatic rings. The highest BCUT2D eigenvalue weighted by molar-refractivity contribution is 5.91. The second kappa shape index (κ2) is 7.82. The number of nitrogens with zero attached hydrogens (tertiary/aromatic N) is 3. The molecule has 4 atom stereocenters. The molecular formula is C22H31N3O3. The van der Waals surface area contributed by atoms with Crippen molar-refractivity contribution in [3.8, 4) is 0 Å². The van der Waals surface area contributed by atoms with Crippen LogP contribution in [-0.4, -0.2) is 38.8 Å². The number of unbranched alkanes of at least 4 members (excludes halogenated alkanes) is 2. The Bertz CT molecular complexity index is 784. The third-order valence-electron chi connectivity index (χ3n) is 6.43. The second-order valence-electron chi connectivity index (χ2n) is 8.66. The Labute approximate surface area is 167 Å². The van der Waals surface area contributed by atoms with Gasteiger partial charge < -0.3 is 9.47 Å². The van der Waals surface area contributed by atoms with Gasteiger partial charge >= 0.3 is 5.97 Å². The van der Waals surface area contributed by atoms with Crippen LogP contribution >= 0.6 is 0 Å². The topological polar surface area (TPSA) is 69.5 Å². The van der Waals surface area contributed by atoms with Gasteiger partial charge in [-0.1, -0.05) is 43.2 Å². The highest BCUT2D eigenvalue weighted by atomic mass is 16.6. The number of carbonyl (C=O) groups is 1. The summed E-state index contributed by atoms with van der Waals surface area (Å²) in [4.78, 5) is 12.1. The number of aryl methyl sites for hydroxylation is 1. The summed E-state index contributed by atoms with van der Waals surface area (Å²) in [6.45, 7) is 9.08. The van der Waals surface area contributed by atoms with E-state index >= 15 is 0 Å². The van der Waals surface area contributed by atoms with Gasteiger partial charge in [0.15, 0.2) is 0 Å². The summed E-state index contributed by atoms with van der Waals surface area (Å²) < 4.78 is 13.5. The van der Waals surface area contributed by atoms with E-state index < -0.39 is 0 Å². The van der Waals surface area contributed by atoms with Crippen LogP contribution < -0.4 is 0 Å². The molecule has 4 rings (SSSR count). The summed E-state index contributed by atoms with van der Waals surface area (Å²) in [6.07, 6.45) is 12.5. The van der Waals surface area contributed by atoms with Crippen LogP contribution in [0.4, 0.5) is 0 Å². The zero-order valence-electron chi connectivity index (χ0n) is 17.0. The van der Waals surface area contributed by atoms with E-state index in [4.69, 9.17) is 9.47 Å². The standard InChI is InChI=1S/C22H31N3O3/c1-4-5-6-9-17-14-25(24-23-17)13-16-8-7-12-22(3)20(28-22)19-18(11-10-16)15(2)21(26)27-19/h8,14,18-20H,2,4-7,9-13H2,1,3H3/b16-8+/t18-,19-,20+,22+/m0/s1. The normalized spacial score (nSPS) is 34.2. The molecule has 0 unspecified atom stereocenters. The SMILES string of the molecule is C=C1C(=O)O[C@@H]2[C@H]3O[C@]3(C)CC/C=C(/Cn3cc(CCCCC)nn3)CC[C@@H]12. The first-order valence-electron chi connectivity index (χ1n) is 10.6. The number of hydrogen-bond donors (Lipinski definition) is 0. The molecule has 152 valence electrons. The molecule has 6 heteroatoms. The molecule has 0 amide bonds. The molecule has 2 aliphatic heterocycles. The zero-order valence-corrected chi connectivity index (χ0v) is 17.0. The van der Waals surface area contributed by atoms with Crippen molar-refractivity contribution in [2.45, 2.75) is 89.6 Å². The number of carbonyl (C=O) groups excluding carboxylic acids is 1. The van der Waals surface area contributed by atoms with Crippen molar-refractivity contribution in [1.29, 1.82) is 0 Å². The highest BCUT2D eigenvalue weighted by Gasteiger charge is 2.61. The minimum atomic E-state index is -0.259. The fourth-order valence-corrected chi connectivity index (χ4v) is 4.56. The Kier molecular flexibility index (Phi) is 5.41. The van der Waals surface area contributed by atoms with E-state index in [2.05, 4.69) is 43.0 Å². The minimum absolute atomic E-state index is 0.0108. The van der Waals surface area contributed by atoms with E-state index in [0.717, 1.165) is 50.8 Å². The van der Waals surface area contributed by atoms with E-state index in [1.807, 2.05) is 4.68 Å². The van der Waals surface area contributed by atoms with Gasteiger partial charge in [0.1, 0.15) is 12.2 Å². The Hall–Kier alpha value is -1.95. The monoisotopic (exact) mass is 385 g/mol. The van der Waals surface area contributed by atoms with Crippen molar-refractivity contribution in [1.82, 2.24) is 15.0 Å². The number of allylic oxidation sites excluding steroid dienone is 2. The number of epoxide rings is 1. The highest BCUT2D eigenvalue weighted by Crippen LogP contribution is 2.49. The smallest absolute Gasteiger partial charge is 0.334 e. The van der Waals surface area contributed by atoms with Crippen LogP contribution in [0.15, 0.2) is 30.0 Å². The van der Waals surface area contributed by atoms with Crippen LogP contribution in [0.5, 0.6) is 0 Å². The molecule has 0 radical (unpaired) electrons. The summed E-state index contributed by atoms with van der Waals surface area (Å²) in [6, 6.07) is 0. The molecule has 6 nitrogen and oxygen atoms in total. The second-order valence-corrected chi connectivity index (χ2v) is 8.66. The Balaban J connectivity index is 1.44. The van der Waals surface area contributed by atoms with Crippen LogP contribution in [0.25, 0.3) is 0 Å². The summed E-state index contributed by atoms with van der Waals surface area (Å²) in [5.41, 5.74) is 2.81. The van der Waals surface area contributed by atoms with Crippen molar-refractivity contribution in [3.63, 3.8) is 0 Å². The van der Waals surface area contributed by atoms with E-state index in [1.54, 1.807) is 0 Å². The fourth-order valence-electron chi connectivity index (χ4n) is 4.56. The summed E-state index contributed by atoms with van der Waals surface area (Å²) in [5, 5.41) is 8.64. The molecule has 0 aromatic carbocycles. The van der Waals surface area contributed by atoms with Gasteiger partial charge in [0.25, 0.3) is 0 Å². The molecule has 0 bridgehead atoms. The lowest BCUT2D eigenvalue weighted by atomic mass is 9.84. The van der Waals surface area contributed by atoms with Crippen LogP contribution in [-0.2, 0) is 27.2 Å². The molecule has 0 N–H and O–H groups in total. The van der Waals surface area contributed by atoms with Crippen molar-refractivity contribution in [2.24, 2.45) is 5.92 Å². The quantitative estimate of drug-likeness (QED) is 0.245. The van der Waals surface area contributed by atoms with Crippen molar-refractivity contribution in [3.05, 3.63) is 35.7 Å². The zero-order chi connectivity index (χ0) is 19.7. The van der Waals surface area contributed by atoms with Crippen LogP contribution in [0.2, 0.25) is 0 Å². The van der Waals surface area contributed by atoms with E-state index in [1.165, 1.54) is 18.4 Å². The Morgan fingerprint density at radius 3 is 3.07 bits per heavy atom. The first-order valence-corrected chi connectivity index (χ1v) is 10.6. The van der Waals surface area contributed by atoms with Gasteiger partial charge in [0, 0.05) is 17.7 Å². The Morgan fingerprint density at radius 1 is 1.39 bits per heavy atom. The van der Waals surface area contributed by atoms with Gasteiger partial charge in [-0.3, -0.25) is 0 Å². The number of fused-ring (bicyclic) bond motifs is 3. The summed E-state index contributed by atoms with van der Waals surface area (Å²) >= 11 is 0. The van der Waals surface area contributed by atoms with Gasteiger partial charge in [-0.2, -0.15) is 0 Å². The molecule has 28 heavy (non-hydrogen) atoms. The molecular weight excluding hydrogens is 354 g/mol. The van der Waals surface area contributed by atoms with Crippen LogP contribution in [0, 0.1) is 5.92 Å². The third-order valence-corrected chi connectivity index (χ3v) is 6.43. The van der Waals surface area contributed by atoms with Crippen molar-refractivity contribution < 1.29 is 14.3 Å². The van der Waals surface area contributed by atoms with Gasteiger partial charge in [0.2, 0.25) is 0 Å². The molecule has 3 heterocycles. The molecule has 2 saturated heterocycles. The molecule has 0 spiro atoms. The number of hydrogen-bond acceptors (Lipinski definition) is 5. The lowest BCUT2D eigenvalue weighted by Crippen LogP contribution is -2.29. The maximum atomic E-state index is 12.1. The Morgan fingerprint density at radius 2 is 2.25 bits per heavy atom. The van der Waals surface area contributed by atoms with Gasteiger partial charge in [0.05, 0.1) is 17.8 Å². The van der Waals surface area contributed by atoms with Gasteiger partial charge in [-0.25, -0.2) is 9.48 Å². The lowest BCUT2D eigenvalue weighted by Gasteiger charge is -2.20. The largest absolute Gasteiger partial charge is 0.455 e. The summed E-state index contributed by atoms with van der Waals surface area (Å²) in [5.74, 6) is -0.216. The molecule has 3 aliphatic rings. The van der Waals surface area contributed by atoms with E-state index in [9.17, 15) is 4.79 Å². The van der Waals surface area contributed by atoms with Crippen molar-refractivity contribution >= 4 is 5.97 Å². The van der Waals surface area contributed by atoms with Crippen molar-refractivity contribution in [2.75, 3.05) is 0 Å². The molecule has 1 aromatic heterocycles. The molecule has 0 saturated carbocycles. The van der Waals surface area contributed by atoms with Crippen LogP contribution in [0.1, 0.15) is 64.5 Å². The number of aromatic nitrogens is 3. The molecule has 1 aliphatic carbocycles. The third kappa shape index (κ3) is 3.93. The maximum absolute atomic E-state index is 12.1. The average Bonchev–Trinajstić information content (AvgIpc) is 2.99. The number of ether oxygens (including phenoxy) is 2. The minimum Gasteiger partial charge on any atom is -0.455 e. The maximum Gasteiger partial charge on any atom is 0.334 e. The average molecular weight is 386 g/mol. The lowest BCUT2D eigenvalue weighted by molar-refractivity contribution is -0.140. The summed E-state index contributed by atoms with van der Waals surface area (Å²) in [7, 11) is 0. The fraction of sp³-hybridized carbons (Fsp3) is 0.682. The number of rotatable bonds is 6. The van der Waals surface area contributed by atoms with Gasteiger partial charge in [-0.05, 0) is 45.4 Å². The van der Waals surface area contributed by atoms with E-state index in [0.29, 0.717) is 5.57 Å². The van der Waals surface area contributed by atoms with E-state index in [-0.39, 0.29) is 29.7 Å². The molecule has 2 fully saturated rings. The first kappa shape index (κ1) is 19.4. The van der Waals surface area contributed by atoms with Crippen LogP contribution in [0.3, 0.4) is 0 Å². The predicted molar refractivity (Wildman–Crippen MR) is 106 cm³/mol. The van der Waals surface area contributed by atoms with Gasteiger partial charge in [-0.15, -0.1) is 5.10 Å². The first-order chi connectivity index (χ1) is 13.5.